The topological polar surface area (TPSA) is 39.4 Å². The minimum atomic E-state index is -4.49. The Morgan fingerprint density at radius 3 is 2.38 bits per heavy atom. The molecule has 0 bridgehead atoms. The van der Waals surface area contributed by atoms with E-state index in [1.54, 1.807) is 0 Å². The Labute approximate surface area is 89.2 Å². The van der Waals surface area contributed by atoms with Gasteiger partial charge in [-0.25, -0.2) is 4.79 Å². The van der Waals surface area contributed by atoms with Gasteiger partial charge < -0.3 is 4.74 Å². The number of methoxy groups -OCH3 is 1. The van der Waals surface area contributed by atoms with Crippen LogP contribution in [0.15, 0.2) is 18.3 Å². The molecule has 0 aliphatic carbocycles. The predicted octanol–water partition coefficient (Wildman–Crippen LogP) is 0.838. The first-order chi connectivity index (χ1) is 7.40. The van der Waals surface area contributed by atoms with Crippen molar-refractivity contribution in [2.45, 2.75) is 6.18 Å². The third-order valence-corrected chi connectivity index (χ3v) is 1.83. The summed E-state index contributed by atoms with van der Waals surface area (Å²) in [6.07, 6.45) is -3.82. The summed E-state index contributed by atoms with van der Waals surface area (Å²) in [5.74, 6) is -0.782. The predicted molar refractivity (Wildman–Crippen MR) is 45.5 cm³/mol. The van der Waals surface area contributed by atoms with E-state index in [-0.39, 0.29) is 5.69 Å². The maximum absolute atomic E-state index is 12.3. The van der Waals surface area contributed by atoms with Gasteiger partial charge in [0.25, 0.3) is 0 Å². The van der Waals surface area contributed by atoms with Crippen molar-refractivity contribution >= 4 is 5.97 Å². The molecule has 4 nitrogen and oxygen atoms in total. The average Bonchev–Trinajstić information content (AvgIpc) is 2.26. The van der Waals surface area contributed by atoms with E-state index in [2.05, 4.69) is 9.57 Å². The van der Waals surface area contributed by atoms with Crippen molar-refractivity contribution in [3.05, 3.63) is 29.6 Å². The van der Waals surface area contributed by atoms with Crippen molar-refractivity contribution in [2.24, 2.45) is 0 Å². The van der Waals surface area contributed by atoms with Crippen molar-refractivity contribution in [3.8, 4) is 0 Å². The van der Waals surface area contributed by atoms with Gasteiger partial charge in [-0.15, -0.1) is 0 Å². The molecule has 0 saturated heterocycles. The number of carbonyl (C=O) groups excluding carboxylic acids is 1. The van der Waals surface area contributed by atoms with Gasteiger partial charge in [-0.05, 0) is 6.07 Å². The number of aromatic nitrogens is 1. The van der Waals surface area contributed by atoms with Crippen molar-refractivity contribution < 1.29 is 32.3 Å². The number of hydrogen-bond donors (Lipinski definition) is 0. The molecule has 1 aromatic rings. The first-order valence-corrected chi connectivity index (χ1v) is 4.16. The van der Waals surface area contributed by atoms with Gasteiger partial charge in [0.05, 0.1) is 7.11 Å². The zero-order valence-corrected chi connectivity index (χ0v) is 8.54. The second-order valence-corrected chi connectivity index (χ2v) is 2.80. The Morgan fingerprint density at radius 2 is 1.94 bits per heavy atom. The van der Waals surface area contributed by atoms with Crippen LogP contribution in [0.3, 0.4) is 0 Å². The first kappa shape index (κ1) is 12.3. The number of pyridine rings is 1. The number of ether oxygens (including phenoxy) is 1. The molecule has 0 radical (unpaired) electrons. The van der Waals surface area contributed by atoms with Gasteiger partial charge >= 0.3 is 17.8 Å². The van der Waals surface area contributed by atoms with Crippen LogP contribution in [0.4, 0.5) is 13.2 Å². The number of alkyl halides is 3. The molecule has 16 heavy (non-hydrogen) atoms. The fourth-order valence-electron chi connectivity index (χ4n) is 1.06. The second kappa shape index (κ2) is 4.38. The standard InChI is InChI=1S/C9H9F3NO3/c1-15-8(14)7-4-3-6(9(10,11)12)5-13(7)16-2/h3-5H,1-2H3/q+1. The van der Waals surface area contributed by atoms with E-state index in [1.165, 1.54) is 0 Å². The smallest absolute Gasteiger partial charge is 0.422 e. The summed E-state index contributed by atoms with van der Waals surface area (Å²) in [5, 5.41) is 0. The second-order valence-electron chi connectivity index (χ2n) is 2.80. The fourth-order valence-corrected chi connectivity index (χ4v) is 1.06. The molecule has 0 fully saturated rings. The Kier molecular flexibility index (Phi) is 3.36. The maximum atomic E-state index is 12.3. The summed E-state index contributed by atoms with van der Waals surface area (Å²) < 4.78 is 42.1. The third-order valence-electron chi connectivity index (χ3n) is 1.83. The normalized spacial score (nSPS) is 11.1. The summed E-state index contributed by atoms with van der Waals surface area (Å²) >= 11 is 0. The summed E-state index contributed by atoms with van der Waals surface area (Å²) in [5.41, 5.74) is -1.04. The number of nitrogens with zero attached hydrogens (tertiary/aromatic N) is 1. The van der Waals surface area contributed by atoms with E-state index in [0.717, 1.165) is 26.4 Å². The largest absolute Gasteiger partial charge is 0.461 e. The fraction of sp³-hybridized carbons (Fsp3) is 0.333. The lowest BCUT2D eigenvalue weighted by Crippen LogP contribution is -2.47. The zero-order chi connectivity index (χ0) is 12.3. The summed E-state index contributed by atoms with van der Waals surface area (Å²) in [6.45, 7) is 0. The van der Waals surface area contributed by atoms with Crippen LogP contribution in [-0.2, 0) is 10.9 Å². The molecule has 1 heterocycles. The molecular formula is C9H9F3NO3+. The minimum absolute atomic E-state index is 0.127. The molecule has 88 valence electrons. The molecule has 0 unspecified atom stereocenters. The van der Waals surface area contributed by atoms with Crippen LogP contribution >= 0.6 is 0 Å². The van der Waals surface area contributed by atoms with Gasteiger partial charge in [0.2, 0.25) is 6.20 Å². The number of halogens is 3. The maximum Gasteiger partial charge on any atom is 0.422 e. The van der Waals surface area contributed by atoms with Crippen molar-refractivity contribution in [1.29, 1.82) is 0 Å². The molecule has 0 saturated carbocycles. The van der Waals surface area contributed by atoms with E-state index >= 15 is 0 Å². The molecule has 0 atom stereocenters. The number of carbonyl (C=O) groups is 1. The Bertz CT molecular complexity index is 403. The van der Waals surface area contributed by atoms with Crippen LogP contribution in [0.2, 0.25) is 0 Å². The van der Waals surface area contributed by atoms with Gasteiger partial charge in [0.15, 0.2) is 0 Å². The van der Waals surface area contributed by atoms with Crippen LogP contribution < -0.4 is 9.57 Å². The first-order valence-electron chi connectivity index (χ1n) is 4.16. The molecule has 0 aliphatic heterocycles. The summed E-state index contributed by atoms with van der Waals surface area (Å²) in [7, 11) is 2.27. The van der Waals surface area contributed by atoms with Gasteiger partial charge in [-0.2, -0.15) is 13.2 Å². The van der Waals surface area contributed by atoms with Crippen molar-refractivity contribution in [2.75, 3.05) is 14.2 Å². The molecule has 0 aliphatic rings. The number of hydrogen-bond acceptors (Lipinski definition) is 3. The van der Waals surface area contributed by atoms with E-state index in [0.29, 0.717) is 10.9 Å². The molecule has 0 aromatic carbocycles. The van der Waals surface area contributed by atoms with Crippen LogP contribution in [0.5, 0.6) is 0 Å². The SMILES string of the molecule is COC(=O)c1ccc(C(F)(F)F)c[n+]1OC. The summed E-state index contributed by atoms with van der Waals surface area (Å²) in [4.78, 5) is 15.8. The van der Waals surface area contributed by atoms with E-state index in [9.17, 15) is 18.0 Å². The van der Waals surface area contributed by atoms with E-state index in [1.807, 2.05) is 0 Å². The Hall–Kier alpha value is -1.79. The highest BCUT2D eigenvalue weighted by atomic mass is 19.4. The molecule has 7 heteroatoms. The highest BCUT2D eigenvalue weighted by Crippen LogP contribution is 2.27. The van der Waals surface area contributed by atoms with Gasteiger partial charge in [0.1, 0.15) is 12.7 Å². The van der Waals surface area contributed by atoms with Gasteiger partial charge in [0, 0.05) is 10.8 Å². The molecule has 0 N–H and O–H groups in total. The molecule has 1 rings (SSSR count). The van der Waals surface area contributed by atoms with Crippen LogP contribution in [0, 0.1) is 0 Å². The van der Waals surface area contributed by atoms with Gasteiger partial charge in [-0.3, -0.25) is 4.84 Å². The number of rotatable bonds is 2. The van der Waals surface area contributed by atoms with E-state index < -0.39 is 17.7 Å². The highest BCUT2D eigenvalue weighted by Gasteiger charge is 2.35. The summed E-state index contributed by atoms with van der Waals surface area (Å²) in [6, 6.07) is 1.76. The monoisotopic (exact) mass is 236 g/mol. The molecule has 0 spiro atoms. The van der Waals surface area contributed by atoms with Crippen LogP contribution in [-0.4, -0.2) is 20.2 Å². The Balaban J connectivity index is 3.22. The molecular weight excluding hydrogens is 227 g/mol. The lowest BCUT2D eigenvalue weighted by atomic mass is 10.2. The minimum Gasteiger partial charge on any atom is -0.461 e. The number of esters is 1. The lowest BCUT2D eigenvalue weighted by molar-refractivity contribution is -0.887. The average molecular weight is 236 g/mol. The Morgan fingerprint density at radius 1 is 1.31 bits per heavy atom. The van der Waals surface area contributed by atoms with Crippen molar-refractivity contribution in [3.63, 3.8) is 0 Å². The van der Waals surface area contributed by atoms with E-state index in [4.69, 9.17) is 0 Å². The van der Waals surface area contributed by atoms with Gasteiger partial charge in [-0.1, -0.05) is 0 Å². The quantitative estimate of drug-likeness (QED) is 0.564. The zero-order valence-electron chi connectivity index (χ0n) is 8.54. The third kappa shape index (κ3) is 2.41. The van der Waals surface area contributed by atoms with Crippen molar-refractivity contribution in [1.82, 2.24) is 0 Å². The molecule has 0 amide bonds. The van der Waals surface area contributed by atoms with Crippen LogP contribution in [0.1, 0.15) is 16.1 Å². The van der Waals surface area contributed by atoms with Crippen LogP contribution in [0.25, 0.3) is 0 Å². The highest BCUT2D eigenvalue weighted by molar-refractivity contribution is 5.85. The molecule has 1 aromatic heterocycles. The lowest BCUT2D eigenvalue weighted by Gasteiger charge is -2.05.